The molecule has 0 radical (unpaired) electrons. The molecule has 1 unspecified atom stereocenters. The molecule has 1 fully saturated rings. The highest BCUT2D eigenvalue weighted by Gasteiger charge is 2.28. The monoisotopic (exact) mass is 336 g/mol. The van der Waals surface area contributed by atoms with Crippen LogP contribution in [0.3, 0.4) is 0 Å². The molecule has 8 heteroatoms. The van der Waals surface area contributed by atoms with Gasteiger partial charge in [0.1, 0.15) is 11.6 Å². The predicted octanol–water partition coefficient (Wildman–Crippen LogP) is 3.18. The number of carbonyl (C=O) groups excluding carboxylic acids is 1. The van der Waals surface area contributed by atoms with Gasteiger partial charge in [-0.1, -0.05) is 18.1 Å². The van der Waals surface area contributed by atoms with Crippen molar-refractivity contribution in [1.82, 2.24) is 20.8 Å². The van der Waals surface area contributed by atoms with Gasteiger partial charge >= 0.3 is 6.03 Å². The van der Waals surface area contributed by atoms with Crippen LogP contribution in [0.15, 0.2) is 22.7 Å². The molecular formula is C16H18F2N4O2. The Balaban J connectivity index is 1.55. The van der Waals surface area contributed by atoms with Crippen molar-refractivity contribution in [2.45, 2.75) is 44.7 Å². The maximum atomic E-state index is 13.8. The molecule has 1 saturated carbocycles. The third-order valence-corrected chi connectivity index (χ3v) is 3.88. The lowest BCUT2D eigenvalue weighted by atomic mass is 10.0. The number of benzene rings is 1. The first-order valence-electron chi connectivity index (χ1n) is 7.88. The van der Waals surface area contributed by atoms with Crippen LogP contribution < -0.4 is 10.6 Å². The molecule has 24 heavy (non-hydrogen) atoms. The largest absolute Gasteiger partial charge is 0.337 e. The highest BCUT2D eigenvalue weighted by atomic mass is 19.1. The average molecular weight is 336 g/mol. The van der Waals surface area contributed by atoms with Gasteiger partial charge in [0, 0.05) is 17.5 Å². The van der Waals surface area contributed by atoms with Gasteiger partial charge in [-0.15, -0.1) is 0 Å². The Kier molecular flexibility index (Phi) is 4.73. The number of hydrogen-bond acceptors (Lipinski definition) is 4. The van der Waals surface area contributed by atoms with Crippen molar-refractivity contribution in [3.63, 3.8) is 0 Å². The van der Waals surface area contributed by atoms with Crippen molar-refractivity contribution in [3.8, 4) is 0 Å². The fourth-order valence-electron chi connectivity index (χ4n) is 2.40. The van der Waals surface area contributed by atoms with Crippen LogP contribution in [0.1, 0.15) is 55.4 Å². The van der Waals surface area contributed by atoms with Gasteiger partial charge in [-0.2, -0.15) is 4.98 Å². The van der Waals surface area contributed by atoms with Crippen LogP contribution in [-0.4, -0.2) is 16.2 Å². The molecule has 1 aliphatic rings. The summed E-state index contributed by atoms with van der Waals surface area (Å²) in [6.45, 7) is 1.89. The number of urea groups is 1. The molecule has 128 valence electrons. The zero-order valence-corrected chi connectivity index (χ0v) is 13.2. The molecule has 1 aromatic carbocycles. The fraction of sp³-hybridized carbons (Fsp3) is 0.438. The minimum absolute atomic E-state index is 0.0912. The maximum Gasteiger partial charge on any atom is 0.315 e. The normalized spacial score (nSPS) is 15.1. The minimum atomic E-state index is -0.687. The van der Waals surface area contributed by atoms with Gasteiger partial charge in [-0.05, 0) is 25.3 Å². The highest BCUT2D eigenvalue weighted by molar-refractivity contribution is 5.74. The van der Waals surface area contributed by atoms with Crippen molar-refractivity contribution < 1.29 is 18.1 Å². The van der Waals surface area contributed by atoms with Crippen molar-refractivity contribution in [2.75, 3.05) is 0 Å². The van der Waals surface area contributed by atoms with Crippen LogP contribution in [-0.2, 0) is 6.54 Å². The van der Waals surface area contributed by atoms with Gasteiger partial charge in [0.15, 0.2) is 5.82 Å². The van der Waals surface area contributed by atoms with E-state index in [9.17, 15) is 13.6 Å². The van der Waals surface area contributed by atoms with Gasteiger partial charge in [0.05, 0.1) is 12.6 Å². The third kappa shape index (κ3) is 3.87. The Morgan fingerprint density at radius 2 is 2.21 bits per heavy atom. The fourth-order valence-corrected chi connectivity index (χ4v) is 2.40. The summed E-state index contributed by atoms with van der Waals surface area (Å²) in [7, 11) is 0. The first kappa shape index (κ1) is 16.4. The molecule has 1 atom stereocenters. The molecule has 3 rings (SSSR count). The number of rotatable bonds is 6. The van der Waals surface area contributed by atoms with Crippen LogP contribution in [0, 0.1) is 11.6 Å². The molecule has 6 nitrogen and oxygen atoms in total. The Morgan fingerprint density at radius 3 is 2.88 bits per heavy atom. The zero-order valence-electron chi connectivity index (χ0n) is 13.2. The molecule has 1 aliphatic carbocycles. The predicted molar refractivity (Wildman–Crippen MR) is 81.0 cm³/mol. The summed E-state index contributed by atoms with van der Waals surface area (Å²) in [5.74, 6) is 0.0360. The van der Waals surface area contributed by atoms with E-state index >= 15 is 0 Å². The molecule has 1 aromatic heterocycles. The summed E-state index contributed by atoms with van der Waals surface area (Å²) >= 11 is 0. The van der Waals surface area contributed by atoms with E-state index in [0.29, 0.717) is 24.1 Å². The van der Waals surface area contributed by atoms with Crippen molar-refractivity contribution in [1.29, 1.82) is 0 Å². The number of aromatic nitrogens is 2. The van der Waals surface area contributed by atoms with E-state index in [1.54, 1.807) is 6.92 Å². The van der Waals surface area contributed by atoms with E-state index in [4.69, 9.17) is 4.52 Å². The molecule has 0 aliphatic heterocycles. The Hall–Kier alpha value is -2.51. The standard InChI is InChI=1S/C16H18F2N4O2/c1-2-13(11-6-5-10(17)7-12(11)18)20-16(23)19-8-14-21-15(22-24-14)9-3-4-9/h5-7,9,13H,2-4,8H2,1H3,(H2,19,20,23). The van der Waals surface area contributed by atoms with E-state index in [0.717, 1.165) is 18.9 Å². The zero-order chi connectivity index (χ0) is 17.1. The van der Waals surface area contributed by atoms with Crippen LogP contribution in [0.4, 0.5) is 13.6 Å². The molecule has 2 N–H and O–H groups in total. The Labute approximate surface area is 137 Å². The van der Waals surface area contributed by atoms with Gasteiger partial charge in [-0.25, -0.2) is 13.6 Å². The number of amides is 2. The van der Waals surface area contributed by atoms with Crippen LogP contribution in [0.5, 0.6) is 0 Å². The van der Waals surface area contributed by atoms with Crippen LogP contribution in [0.2, 0.25) is 0 Å². The smallest absolute Gasteiger partial charge is 0.315 e. The maximum absolute atomic E-state index is 13.8. The Bertz CT molecular complexity index is 731. The molecule has 1 heterocycles. The number of nitrogens with one attached hydrogen (secondary N) is 2. The summed E-state index contributed by atoms with van der Waals surface area (Å²) in [5, 5.41) is 9.11. The Morgan fingerprint density at radius 1 is 1.42 bits per heavy atom. The molecule has 0 saturated heterocycles. The van der Waals surface area contributed by atoms with Crippen LogP contribution >= 0.6 is 0 Å². The van der Waals surface area contributed by atoms with E-state index in [1.165, 1.54) is 12.1 Å². The van der Waals surface area contributed by atoms with E-state index in [1.807, 2.05) is 0 Å². The van der Waals surface area contributed by atoms with Gasteiger partial charge < -0.3 is 15.2 Å². The topological polar surface area (TPSA) is 80.0 Å². The second-order valence-electron chi connectivity index (χ2n) is 5.77. The molecule has 0 spiro atoms. The SMILES string of the molecule is CCC(NC(=O)NCc1nc(C2CC2)no1)c1ccc(F)cc1F. The molecular weight excluding hydrogens is 318 g/mol. The van der Waals surface area contributed by atoms with E-state index < -0.39 is 23.7 Å². The molecule has 2 aromatic rings. The van der Waals surface area contributed by atoms with Crippen LogP contribution in [0.25, 0.3) is 0 Å². The van der Waals surface area contributed by atoms with Gasteiger partial charge in [0.2, 0.25) is 5.89 Å². The summed E-state index contributed by atoms with van der Waals surface area (Å²) in [5.41, 5.74) is 0.239. The van der Waals surface area contributed by atoms with Gasteiger partial charge in [0.25, 0.3) is 0 Å². The number of nitrogens with zero attached hydrogens (tertiary/aromatic N) is 2. The van der Waals surface area contributed by atoms with E-state index in [2.05, 4.69) is 20.8 Å². The lowest BCUT2D eigenvalue weighted by molar-refractivity contribution is 0.234. The first-order valence-corrected chi connectivity index (χ1v) is 7.88. The van der Waals surface area contributed by atoms with Crippen molar-refractivity contribution >= 4 is 6.03 Å². The quantitative estimate of drug-likeness (QED) is 0.849. The lowest BCUT2D eigenvalue weighted by Crippen LogP contribution is -2.37. The van der Waals surface area contributed by atoms with Crippen molar-refractivity contribution in [2.24, 2.45) is 0 Å². The summed E-state index contributed by atoms with van der Waals surface area (Å²) < 4.78 is 31.9. The van der Waals surface area contributed by atoms with Crippen molar-refractivity contribution in [3.05, 3.63) is 47.1 Å². The second-order valence-corrected chi connectivity index (χ2v) is 5.77. The third-order valence-electron chi connectivity index (χ3n) is 3.88. The first-order chi connectivity index (χ1) is 11.6. The highest BCUT2D eigenvalue weighted by Crippen LogP contribution is 2.38. The summed E-state index contributed by atoms with van der Waals surface area (Å²) in [4.78, 5) is 16.2. The average Bonchev–Trinajstić information content (AvgIpc) is 3.30. The number of carbonyl (C=O) groups is 1. The molecule has 2 amide bonds. The number of halogens is 2. The lowest BCUT2D eigenvalue weighted by Gasteiger charge is -2.18. The summed E-state index contributed by atoms with van der Waals surface area (Å²) in [6.07, 6.45) is 2.59. The van der Waals surface area contributed by atoms with Gasteiger partial charge in [-0.3, -0.25) is 0 Å². The number of hydrogen-bond donors (Lipinski definition) is 2. The molecule has 0 bridgehead atoms. The summed E-state index contributed by atoms with van der Waals surface area (Å²) in [6, 6.07) is 2.25. The minimum Gasteiger partial charge on any atom is -0.337 e. The second kappa shape index (κ2) is 6.94. The van der Waals surface area contributed by atoms with E-state index in [-0.39, 0.29) is 12.1 Å².